The molecule has 0 bridgehead atoms. The van der Waals surface area contributed by atoms with Gasteiger partial charge in [-0.3, -0.25) is 4.90 Å². The molecular formula is C12H16BrIN2O. The Labute approximate surface area is 124 Å². The van der Waals surface area contributed by atoms with Crippen molar-refractivity contribution in [3.63, 3.8) is 0 Å². The zero-order valence-corrected chi connectivity index (χ0v) is 13.3. The molecule has 1 aromatic carbocycles. The number of hydrogen-bond acceptors (Lipinski definition) is 3. The van der Waals surface area contributed by atoms with E-state index in [-0.39, 0.29) is 0 Å². The molecule has 94 valence electrons. The van der Waals surface area contributed by atoms with Gasteiger partial charge in [0, 0.05) is 39.9 Å². The summed E-state index contributed by atoms with van der Waals surface area (Å²) in [5.74, 6) is 0. The molecule has 3 nitrogen and oxygen atoms in total. The fourth-order valence-electron chi connectivity index (χ4n) is 1.81. The van der Waals surface area contributed by atoms with Crippen LogP contribution in [0.2, 0.25) is 0 Å². The second kappa shape index (κ2) is 6.92. The lowest BCUT2D eigenvalue weighted by Gasteiger charge is -2.26. The first-order valence-electron chi connectivity index (χ1n) is 5.75. The molecule has 0 atom stereocenters. The van der Waals surface area contributed by atoms with Crippen LogP contribution in [0.25, 0.3) is 0 Å². The van der Waals surface area contributed by atoms with Crippen molar-refractivity contribution in [2.75, 3.05) is 44.7 Å². The molecule has 5 heteroatoms. The van der Waals surface area contributed by atoms with Crippen molar-refractivity contribution in [3.8, 4) is 0 Å². The van der Waals surface area contributed by atoms with Crippen LogP contribution in [0.1, 0.15) is 0 Å². The number of morpholine rings is 1. The Bertz CT molecular complexity index is 370. The van der Waals surface area contributed by atoms with Gasteiger partial charge in [-0.25, -0.2) is 0 Å². The van der Waals surface area contributed by atoms with Gasteiger partial charge in [-0.15, -0.1) is 0 Å². The van der Waals surface area contributed by atoms with E-state index < -0.39 is 0 Å². The van der Waals surface area contributed by atoms with Crippen LogP contribution in [0.5, 0.6) is 0 Å². The van der Waals surface area contributed by atoms with E-state index in [1.165, 1.54) is 9.26 Å². The fraction of sp³-hybridized carbons (Fsp3) is 0.500. The maximum absolute atomic E-state index is 5.33. The molecule has 0 amide bonds. The molecule has 0 spiro atoms. The van der Waals surface area contributed by atoms with Crippen LogP contribution in [-0.2, 0) is 4.74 Å². The summed E-state index contributed by atoms with van der Waals surface area (Å²) >= 11 is 5.89. The minimum absolute atomic E-state index is 0.868. The average molecular weight is 411 g/mol. The number of nitrogens with zero attached hydrogens (tertiary/aromatic N) is 1. The van der Waals surface area contributed by atoms with Gasteiger partial charge in [0.2, 0.25) is 0 Å². The highest BCUT2D eigenvalue weighted by molar-refractivity contribution is 14.1. The van der Waals surface area contributed by atoms with Gasteiger partial charge in [0.25, 0.3) is 0 Å². The van der Waals surface area contributed by atoms with Gasteiger partial charge in [-0.1, -0.05) is 0 Å². The predicted octanol–water partition coefficient (Wildman–Crippen LogP) is 2.80. The Kier molecular flexibility index (Phi) is 5.52. The maximum Gasteiger partial charge on any atom is 0.0594 e. The topological polar surface area (TPSA) is 24.5 Å². The summed E-state index contributed by atoms with van der Waals surface area (Å²) in [6.07, 6.45) is 0. The van der Waals surface area contributed by atoms with E-state index in [1.807, 2.05) is 0 Å². The second-order valence-electron chi connectivity index (χ2n) is 4.00. The molecule has 17 heavy (non-hydrogen) atoms. The number of rotatable bonds is 4. The minimum atomic E-state index is 0.868. The van der Waals surface area contributed by atoms with Gasteiger partial charge in [-0.05, 0) is 56.7 Å². The lowest BCUT2D eigenvalue weighted by Crippen LogP contribution is -2.39. The van der Waals surface area contributed by atoms with Gasteiger partial charge < -0.3 is 10.1 Å². The Morgan fingerprint density at radius 2 is 2.12 bits per heavy atom. The maximum atomic E-state index is 5.33. The van der Waals surface area contributed by atoms with E-state index in [4.69, 9.17) is 4.74 Å². The van der Waals surface area contributed by atoms with Crippen LogP contribution < -0.4 is 5.32 Å². The molecule has 0 radical (unpaired) electrons. The molecule has 0 aliphatic carbocycles. The normalized spacial score (nSPS) is 17.1. The lowest BCUT2D eigenvalue weighted by molar-refractivity contribution is 0.0398. The summed E-state index contributed by atoms with van der Waals surface area (Å²) < 4.78 is 7.70. The monoisotopic (exact) mass is 410 g/mol. The Morgan fingerprint density at radius 3 is 2.88 bits per heavy atom. The van der Waals surface area contributed by atoms with Gasteiger partial charge in [-0.2, -0.15) is 0 Å². The standard InChI is InChI=1S/C12H16BrIN2O/c13-11-2-1-10(14)9-12(11)15-3-4-16-5-7-17-8-6-16/h1-2,9,15H,3-8H2. The van der Waals surface area contributed by atoms with Crippen LogP contribution in [0.15, 0.2) is 22.7 Å². The van der Waals surface area contributed by atoms with Crippen LogP contribution >= 0.6 is 38.5 Å². The van der Waals surface area contributed by atoms with Crippen LogP contribution in [0, 0.1) is 3.57 Å². The van der Waals surface area contributed by atoms with Gasteiger partial charge in [0.05, 0.1) is 13.2 Å². The number of anilines is 1. The van der Waals surface area contributed by atoms with E-state index in [1.54, 1.807) is 0 Å². The molecule has 2 rings (SSSR count). The molecule has 0 unspecified atom stereocenters. The quantitative estimate of drug-likeness (QED) is 0.772. The largest absolute Gasteiger partial charge is 0.383 e. The van der Waals surface area contributed by atoms with E-state index in [0.717, 1.165) is 43.9 Å². The van der Waals surface area contributed by atoms with E-state index >= 15 is 0 Å². The number of hydrogen-bond donors (Lipinski definition) is 1. The summed E-state index contributed by atoms with van der Waals surface area (Å²) in [6.45, 7) is 5.88. The highest BCUT2D eigenvalue weighted by atomic mass is 127. The molecule has 1 aliphatic heterocycles. The fourth-order valence-corrected chi connectivity index (χ4v) is 2.68. The molecule has 1 aliphatic rings. The summed E-state index contributed by atoms with van der Waals surface area (Å²) in [5.41, 5.74) is 1.17. The molecule has 1 aromatic rings. The third kappa shape index (κ3) is 4.39. The molecule has 0 aromatic heterocycles. The Morgan fingerprint density at radius 1 is 1.35 bits per heavy atom. The number of ether oxygens (including phenoxy) is 1. The smallest absolute Gasteiger partial charge is 0.0594 e. The Balaban J connectivity index is 1.79. The third-order valence-electron chi connectivity index (χ3n) is 2.78. The third-order valence-corrected chi connectivity index (χ3v) is 4.14. The molecule has 1 N–H and O–H groups in total. The Hall–Kier alpha value is 0.150. The van der Waals surface area contributed by atoms with Crippen molar-refractivity contribution in [3.05, 3.63) is 26.2 Å². The SMILES string of the molecule is Brc1ccc(I)cc1NCCN1CCOCC1. The lowest BCUT2D eigenvalue weighted by atomic mass is 10.3. The summed E-state index contributed by atoms with van der Waals surface area (Å²) in [7, 11) is 0. The van der Waals surface area contributed by atoms with Crippen molar-refractivity contribution < 1.29 is 4.74 Å². The van der Waals surface area contributed by atoms with Gasteiger partial charge in [0.15, 0.2) is 0 Å². The number of benzene rings is 1. The average Bonchev–Trinajstić information content (AvgIpc) is 2.35. The van der Waals surface area contributed by atoms with Crippen molar-refractivity contribution in [1.82, 2.24) is 4.90 Å². The number of halogens is 2. The zero-order chi connectivity index (χ0) is 12.1. The molecule has 0 saturated carbocycles. The molecule has 1 heterocycles. The first-order valence-corrected chi connectivity index (χ1v) is 7.62. The summed E-state index contributed by atoms with van der Waals surface area (Å²) in [4.78, 5) is 2.43. The minimum Gasteiger partial charge on any atom is -0.383 e. The van der Waals surface area contributed by atoms with Crippen LogP contribution in [0.4, 0.5) is 5.69 Å². The molecule has 1 saturated heterocycles. The van der Waals surface area contributed by atoms with Crippen molar-refractivity contribution in [2.24, 2.45) is 0 Å². The van der Waals surface area contributed by atoms with E-state index in [9.17, 15) is 0 Å². The summed E-state index contributed by atoms with van der Waals surface area (Å²) in [5, 5.41) is 3.47. The highest BCUT2D eigenvalue weighted by Gasteiger charge is 2.09. The number of nitrogens with one attached hydrogen (secondary N) is 1. The van der Waals surface area contributed by atoms with Crippen molar-refractivity contribution in [2.45, 2.75) is 0 Å². The van der Waals surface area contributed by atoms with Crippen LogP contribution in [0.3, 0.4) is 0 Å². The van der Waals surface area contributed by atoms with E-state index in [2.05, 4.69) is 66.9 Å². The highest BCUT2D eigenvalue weighted by Crippen LogP contribution is 2.24. The first-order chi connectivity index (χ1) is 8.25. The van der Waals surface area contributed by atoms with E-state index in [0.29, 0.717) is 0 Å². The zero-order valence-electron chi connectivity index (χ0n) is 9.59. The molecular weight excluding hydrogens is 395 g/mol. The van der Waals surface area contributed by atoms with Crippen molar-refractivity contribution >= 4 is 44.2 Å². The molecule has 1 fully saturated rings. The van der Waals surface area contributed by atoms with Gasteiger partial charge >= 0.3 is 0 Å². The van der Waals surface area contributed by atoms with Crippen molar-refractivity contribution in [1.29, 1.82) is 0 Å². The van der Waals surface area contributed by atoms with Crippen LogP contribution in [-0.4, -0.2) is 44.3 Å². The predicted molar refractivity (Wildman–Crippen MR) is 82.6 cm³/mol. The summed E-state index contributed by atoms with van der Waals surface area (Å²) in [6, 6.07) is 6.33. The van der Waals surface area contributed by atoms with Gasteiger partial charge in [0.1, 0.15) is 0 Å². The first kappa shape index (κ1) is 13.6. The second-order valence-corrected chi connectivity index (χ2v) is 6.10.